The lowest BCUT2D eigenvalue weighted by Gasteiger charge is -2.18. The Balaban J connectivity index is 1.41. The number of aliphatic carboxylic acids is 1. The van der Waals surface area contributed by atoms with Crippen LogP contribution in [-0.4, -0.2) is 47.2 Å². The molecule has 2 aromatic carbocycles. The van der Waals surface area contributed by atoms with Crippen LogP contribution < -0.4 is 15.4 Å². The van der Waals surface area contributed by atoms with Crippen molar-refractivity contribution in [3.05, 3.63) is 65.7 Å². The average molecular weight is 468 g/mol. The van der Waals surface area contributed by atoms with E-state index >= 15 is 0 Å². The highest BCUT2D eigenvalue weighted by atomic mass is 32.1. The first kappa shape index (κ1) is 22.3. The zero-order chi connectivity index (χ0) is 23.4. The van der Waals surface area contributed by atoms with Crippen molar-refractivity contribution in [3.8, 4) is 17.0 Å². The quantitative estimate of drug-likeness (QED) is 0.463. The number of ether oxygens (including phenoxy) is 2. The molecule has 1 aliphatic rings. The molecule has 170 valence electrons. The van der Waals surface area contributed by atoms with Crippen molar-refractivity contribution in [1.82, 2.24) is 9.69 Å². The van der Waals surface area contributed by atoms with Crippen LogP contribution in [0.1, 0.15) is 23.5 Å². The molecule has 0 saturated carbocycles. The number of alkyl carbamates (subject to hydrolysis) is 1. The molecular weight excluding hydrogens is 446 g/mol. The number of carbonyl (C=O) groups excluding carboxylic acids is 2. The van der Waals surface area contributed by atoms with Crippen molar-refractivity contribution >= 4 is 34.5 Å². The summed E-state index contributed by atoms with van der Waals surface area (Å²) < 4.78 is 14.3. The predicted molar refractivity (Wildman–Crippen MR) is 122 cm³/mol. The molecule has 1 heterocycles. The van der Waals surface area contributed by atoms with E-state index in [-0.39, 0.29) is 12.5 Å². The van der Waals surface area contributed by atoms with Gasteiger partial charge in [-0.2, -0.15) is 4.37 Å². The molecule has 0 spiro atoms. The van der Waals surface area contributed by atoms with Crippen LogP contribution >= 0.6 is 11.5 Å². The highest BCUT2D eigenvalue weighted by Crippen LogP contribution is 2.44. The van der Waals surface area contributed by atoms with Gasteiger partial charge in [-0.3, -0.25) is 9.59 Å². The normalized spacial score (nSPS) is 12.9. The Bertz CT molecular complexity index is 1150. The Kier molecular flexibility index (Phi) is 6.55. The van der Waals surface area contributed by atoms with E-state index in [4.69, 9.17) is 9.47 Å². The molecular formula is C23H21N3O6S. The van der Waals surface area contributed by atoms with Gasteiger partial charge in [0, 0.05) is 12.0 Å². The fourth-order valence-electron chi connectivity index (χ4n) is 3.79. The summed E-state index contributed by atoms with van der Waals surface area (Å²) in [6.07, 6.45) is -1.48. The van der Waals surface area contributed by atoms with Gasteiger partial charge in [-0.1, -0.05) is 48.5 Å². The number of amides is 2. The Morgan fingerprint density at radius 2 is 1.73 bits per heavy atom. The maximum absolute atomic E-state index is 12.6. The zero-order valence-corrected chi connectivity index (χ0v) is 18.4. The molecule has 33 heavy (non-hydrogen) atoms. The van der Waals surface area contributed by atoms with Crippen LogP contribution in [0, 0.1) is 0 Å². The van der Waals surface area contributed by atoms with E-state index in [1.807, 2.05) is 48.5 Å². The number of anilines is 1. The molecule has 4 rings (SSSR count). The lowest BCUT2D eigenvalue weighted by atomic mass is 9.98. The first-order chi connectivity index (χ1) is 16.0. The number of nitrogens with one attached hydrogen (secondary N) is 2. The smallest absolute Gasteiger partial charge is 0.407 e. The van der Waals surface area contributed by atoms with Crippen LogP contribution in [-0.2, 0) is 14.3 Å². The molecule has 0 radical (unpaired) electrons. The van der Waals surface area contributed by atoms with Crippen LogP contribution in [0.4, 0.5) is 9.80 Å². The number of carboxylic acid groups (broad SMARTS) is 1. The standard InChI is InChI=1S/C23H21N3O6S/c1-31-19-11-20(33-26-19)25-22(29)18(10-21(27)28)24-23(30)32-12-17-15-8-4-2-6-13(15)14-7-3-5-9-16(14)17/h2-9,11,17-18H,10,12H2,1H3,(H,24,30)(H,25,29)(H,27,28). The molecule has 0 saturated heterocycles. The SMILES string of the molecule is COc1cc(NC(=O)C(CC(=O)O)NC(=O)OCC2c3ccccc3-c3ccccc32)sn1. The third-order valence-electron chi connectivity index (χ3n) is 5.28. The summed E-state index contributed by atoms with van der Waals surface area (Å²) in [5.74, 6) is -1.78. The number of nitrogens with zero attached hydrogens (tertiary/aromatic N) is 1. The molecule has 1 aromatic heterocycles. The predicted octanol–water partition coefficient (Wildman–Crippen LogP) is 3.47. The minimum Gasteiger partial charge on any atom is -0.481 e. The topological polar surface area (TPSA) is 127 Å². The van der Waals surface area contributed by atoms with E-state index in [1.54, 1.807) is 0 Å². The highest BCUT2D eigenvalue weighted by Gasteiger charge is 2.30. The van der Waals surface area contributed by atoms with Gasteiger partial charge in [0.25, 0.3) is 0 Å². The Labute approximate surface area is 193 Å². The lowest BCUT2D eigenvalue weighted by molar-refractivity contribution is -0.139. The van der Waals surface area contributed by atoms with Crippen LogP contribution in [0.5, 0.6) is 5.88 Å². The van der Waals surface area contributed by atoms with E-state index < -0.39 is 30.4 Å². The van der Waals surface area contributed by atoms with Gasteiger partial charge in [-0.25, -0.2) is 4.79 Å². The second kappa shape index (κ2) is 9.70. The first-order valence-electron chi connectivity index (χ1n) is 10.1. The van der Waals surface area contributed by atoms with E-state index in [9.17, 15) is 19.5 Å². The number of carboxylic acids is 1. The second-order valence-electron chi connectivity index (χ2n) is 7.34. The molecule has 9 nitrogen and oxygen atoms in total. The van der Waals surface area contributed by atoms with Gasteiger partial charge in [0.2, 0.25) is 11.8 Å². The van der Waals surface area contributed by atoms with Gasteiger partial charge >= 0.3 is 12.1 Å². The fourth-order valence-corrected chi connectivity index (χ4v) is 4.40. The van der Waals surface area contributed by atoms with Crippen molar-refractivity contribution in [2.75, 3.05) is 19.0 Å². The number of carbonyl (C=O) groups is 3. The number of rotatable bonds is 8. The van der Waals surface area contributed by atoms with Crippen molar-refractivity contribution in [1.29, 1.82) is 0 Å². The minimum atomic E-state index is -1.33. The van der Waals surface area contributed by atoms with Gasteiger partial charge < -0.3 is 25.2 Å². The fraction of sp³-hybridized carbons (Fsp3) is 0.217. The summed E-state index contributed by atoms with van der Waals surface area (Å²) in [7, 11) is 1.44. The van der Waals surface area contributed by atoms with Crippen molar-refractivity contribution in [3.63, 3.8) is 0 Å². The van der Waals surface area contributed by atoms with E-state index in [1.165, 1.54) is 13.2 Å². The van der Waals surface area contributed by atoms with E-state index in [0.29, 0.717) is 10.9 Å². The molecule has 3 aromatic rings. The monoisotopic (exact) mass is 467 g/mol. The van der Waals surface area contributed by atoms with Crippen LogP contribution in [0.15, 0.2) is 54.6 Å². The molecule has 10 heteroatoms. The third-order valence-corrected chi connectivity index (χ3v) is 5.96. The number of aromatic nitrogens is 1. The average Bonchev–Trinajstić information content (AvgIpc) is 3.39. The minimum absolute atomic E-state index is 0.0489. The molecule has 0 aliphatic heterocycles. The van der Waals surface area contributed by atoms with Crippen LogP contribution in [0.2, 0.25) is 0 Å². The summed E-state index contributed by atoms with van der Waals surface area (Å²) in [5.41, 5.74) is 4.27. The molecule has 0 fully saturated rings. The van der Waals surface area contributed by atoms with Gasteiger partial charge in [-0.05, 0) is 33.8 Å². The number of fused-ring (bicyclic) bond motifs is 3. The Hall–Kier alpha value is -3.92. The van der Waals surface area contributed by atoms with Crippen LogP contribution in [0.3, 0.4) is 0 Å². The Morgan fingerprint density at radius 3 is 2.30 bits per heavy atom. The van der Waals surface area contributed by atoms with Gasteiger partial charge in [0.05, 0.1) is 13.5 Å². The van der Waals surface area contributed by atoms with Crippen molar-refractivity contribution in [2.45, 2.75) is 18.4 Å². The molecule has 1 atom stereocenters. The number of methoxy groups -OCH3 is 1. The van der Waals surface area contributed by atoms with E-state index in [0.717, 1.165) is 33.8 Å². The highest BCUT2D eigenvalue weighted by molar-refractivity contribution is 7.10. The summed E-state index contributed by atoms with van der Waals surface area (Å²) in [6, 6.07) is 16.0. The maximum Gasteiger partial charge on any atom is 0.407 e. The van der Waals surface area contributed by atoms with E-state index in [2.05, 4.69) is 15.0 Å². The second-order valence-corrected chi connectivity index (χ2v) is 8.15. The van der Waals surface area contributed by atoms with Gasteiger partial charge in [-0.15, -0.1) is 0 Å². The maximum atomic E-state index is 12.6. The summed E-state index contributed by atoms with van der Waals surface area (Å²) in [6.45, 7) is 0.0489. The molecule has 3 N–H and O–H groups in total. The lowest BCUT2D eigenvalue weighted by Crippen LogP contribution is -2.45. The molecule has 2 amide bonds. The number of hydrogen-bond donors (Lipinski definition) is 3. The largest absolute Gasteiger partial charge is 0.481 e. The number of hydrogen-bond acceptors (Lipinski definition) is 7. The van der Waals surface area contributed by atoms with Crippen LogP contribution in [0.25, 0.3) is 11.1 Å². The number of benzene rings is 2. The first-order valence-corrected chi connectivity index (χ1v) is 10.9. The molecule has 0 bridgehead atoms. The molecule has 1 unspecified atom stereocenters. The summed E-state index contributed by atoms with van der Waals surface area (Å²) >= 11 is 0.973. The molecule has 1 aliphatic carbocycles. The van der Waals surface area contributed by atoms with Crippen molar-refractivity contribution in [2.24, 2.45) is 0 Å². The van der Waals surface area contributed by atoms with Crippen molar-refractivity contribution < 1.29 is 29.0 Å². The van der Waals surface area contributed by atoms with Gasteiger partial charge in [0.1, 0.15) is 17.6 Å². The summed E-state index contributed by atoms with van der Waals surface area (Å²) in [4.78, 5) is 36.3. The Morgan fingerprint density at radius 1 is 1.09 bits per heavy atom. The van der Waals surface area contributed by atoms with Gasteiger partial charge in [0.15, 0.2) is 0 Å². The summed E-state index contributed by atoms with van der Waals surface area (Å²) in [5, 5.41) is 14.4. The zero-order valence-electron chi connectivity index (χ0n) is 17.6. The third kappa shape index (κ3) is 4.96.